The number of carbonyl (C=O) groups is 2. The Morgan fingerprint density at radius 1 is 1.82 bits per heavy atom. The molecule has 5 heteroatoms. The van der Waals surface area contributed by atoms with E-state index in [9.17, 15) is 9.59 Å². The summed E-state index contributed by atoms with van der Waals surface area (Å²) in [5.74, 6) is -0.519. The van der Waals surface area contributed by atoms with Gasteiger partial charge in [-0.15, -0.1) is 0 Å². The quantitative estimate of drug-likeness (QED) is 0.486. The van der Waals surface area contributed by atoms with Gasteiger partial charge in [-0.1, -0.05) is 0 Å². The molecule has 0 bridgehead atoms. The summed E-state index contributed by atoms with van der Waals surface area (Å²) in [6, 6.07) is 0. The van der Waals surface area contributed by atoms with Gasteiger partial charge in [0.2, 0.25) is 0 Å². The van der Waals surface area contributed by atoms with Crippen LogP contribution in [0.4, 0.5) is 0 Å². The number of aromatic nitrogens is 1. The topological polar surface area (TPSA) is 56.3 Å². The Bertz CT molecular complexity index is 281. The number of hydrogen-bond donors (Lipinski definition) is 0. The van der Waals surface area contributed by atoms with Crippen molar-refractivity contribution in [3.63, 3.8) is 0 Å². The Labute approximate surface area is 67.0 Å². The number of carbonyl (C=O) groups excluding carboxylic acids is 2. The standard InChI is InChI=1S/C6H5NO3S/c1-10-6(9)5-4(3-8)2-7-11-5/h2-3H,1H3. The Kier molecular flexibility index (Phi) is 2.32. The van der Waals surface area contributed by atoms with E-state index in [-0.39, 0.29) is 10.4 Å². The van der Waals surface area contributed by atoms with Gasteiger partial charge in [0.25, 0.3) is 0 Å². The molecule has 1 aromatic rings. The molecule has 0 saturated heterocycles. The Balaban J connectivity index is 3.01. The van der Waals surface area contributed by atoms with Crippen LogP contribution in [0.25, 0.3) is 0 Å². The third-order valence-corrected chi connectivity index (χ3v) is 1.89. The van der Waals surface area contributed by atoms with Crippen LogP contribution < -0.4 is 0 Å². The van der Waals surface area contributed by atoms with Crippen LogP contribution in [0.2, 0.25) is 0 Å². The summed E-state index contributed by atoms with van der Waals surface area (Å²) in [7, 11) is 1.26. The van der Waals surface area contributed by atoms with E-state index in [1.54, 1.807) is 0 Å². The molecule has 0 aliphatic carbocycles. The van der Waals surface area contributed by atoms with Gasteiger partial charge >= 0.3 is 5.97 Å². The van der Waals surface area contributed by atoms with Crippen LogP contribution in [0.1, 0.15) is 20.0 Å². The second-order valence-electron chi connectivity index (χ2n) is 1.72. The van der Waals surface area contributed by atoms with Crippen molar-refractivity contribution >= 4 is 23.8 Å². The average Bonchev–Trinajstić information content (AvgIpc) is 2.50. The van der Waals surface area contributed by atoms with Gasteiger partial charge in [-0.05, 0) is 11.5 Å². The highest BCUT2D eigenvalue weighted by atomic mass is 32.1. The highest BCUT2D eigenvalue weighted by Crippen LogP contribution is 2.11. The van der Waals surface area contributed by atoms with Crippen LogP contribution >= 0.6 is 11.5 Å². The van der Waals surface area contributed by atoms with Crippen molar-refractivity contribution < 1.29 is 14.3 Å². The SMILES string of the molecule is COC(=O)c1sncc1C=O. The van der Waals surface area contributed by atoms with E-state index < -0.39 is 5.97 Å². The number of aldehydes is 1. The molecule has 1 aromatic heterocycles. The number of rotatable bonds is 2. The molecule has 0 unspecified atom stereocenters. The fourth-order valence-corrected chi connectivity index (χ4v) is 1.21. The van der Waals surface area contributed by atoms with Gasteiger partial charge in [0.15, 0.2) is 6.29 Å². The van der Waals surface area contributed by atoms with Gasteiger partial charge in [-0.2, -0.15) is 4.37 Å². The van der Waals surface area contributed by atoms with Gasteiger partial charge in [0.1, 0.15) is 4.88 Å². The molecular formula is C6H5NO3S. The van der Waals surface area contributed by atoms with Crippen LogP contribution in [0.5, 0.6) is 0 Å². The van der Waals surface area contributed by atoms with Crippen molar-refractivity contribution in [2.75, 3.05) is 7.11 Å². The van der Waals surface area contributed by atoms with Gasteiger partial charge in [0.05, 0.1) is 18.9 Å². The first-order valence-electron chi connectivity index (χ1n) is 2.77. The van der Waals surface area contributed by atoms with E-state index in [0.717, 1.165) is 11.5 Å². The second kappa shape index (κ2) is 3.25. The number of nitrogens with zero attached hydrogens (tertiary/aromatic N) is 1. The summed E-state index contributed by atoms with van der Waals surface area (Å²) in [5.41, 5.74) is 0.279. The molecular weight excluding hydrogens is 166 g/mol. The highest BCUT2D eigenvalue weighted by Gasteiger charge is 2.13. The van der Waals surface area contributed by atoms with Crippen molar-refractivity contribution in [3.8, 4) is 0 Å². The van der Waals surface area contributed by atoms with Crippen molar-refractivity contribution in [1.82, 2.24) is 4.37 Å². The summed E-state index contributed by atoms with van der Waals surface area (Å²) in [6.45, 7) is 0. The Morgan fingerprint density at radius 2 is 2.55 bits per heavy atom. The lowest BCUT2D eigenvalue weighted by Gasteiger charge is -1.92. The maximum absolute atomic E-state index is 10.8. The van der Waals surface area contributed by atoms with Crippen LogP contribution in [0.3, 0.4) is 0 Å². The smallest absolute Gasteiger partial charge is 0.350 e. The van der Waals surface area contributed by atoms with Crippen LogP contribution in [-0.2, 0) is 4.74 Å². The van der Waals surface area contributed by atoms with Crippen molar-refractivity contribution in [3.05, 3.63) is 16.6 Å². The Hall–Kier alpha value is -1.23. The van der Waals surface area contributed by atoms with Crippen LogP contribution in [-0.4, -0.2) is 23.7 Å². The molecule has 4 nitrogen and oxygen atoms in total. The molecule has 0 aromatic carbocycles. The minimum Gasteiger partial charge on any atom is -0.465 e. The molecule has 11 heavy (non-hydrogen) atoms. The summed E-state index contributed by atoms with van der Waals surface area (Å²) >= 11 is 0.951. The first kappa shape index (κ1) is 7.87. The normalized spacial score (nSPS) is 9.18. The second-order valence-corrected chi connectivity index (χ2v) is 2.52. The summed E-state index contributed by atoms with van der Waals surface area (Å²) < 4.78 is 8.08. The van der Waals surface area contributed by atoms with E-state index in [2.05, 4.69) is 9.11 Å². The van der Waals surface area contributed by atoms with Crippen LogP contribution in [0, 0.1) is 0 Å². The maximum atomic E-state index is 10.8. The molecule has 0 fully saturated rings. The molecule has 1 heterocycles. The summed E-state index contributed by atoms with van der Waals surface area (Å²) in [4.78, 5) is 21.4. The van der Waals surface area contributed by atoms with E-state index in [1.807, 2.05) is 0 Å². The van der Waals surface area contributed by atoms with Gasteiger partial charge in [0, 0.05) is 0 Å². The summed E-state index contributed by atoms with van der Waals surface area (Å²) in [6.07, 6.45) is 1.92. The average molecular weight is 171 g/mol. The lowest BCUT2D eigenvalue weighted by Crippen LogP contribution is -2.00. The third-order valence-electron chi connectivity index (χ3n) is 1.10. The zero-order valence-electron chi connectivity index (χ0n) is 5.73. The molecule has 58 valence electrons. The van der Waals surface area contributed by atoms with Gasteiger partial charge in [-0.25, -0.2) is 4.79 Å². The van der Waals surface area contributed by atoms with Crippen molar-refractivity contribution in [2.24, 2.45) is 0 Å². The molecule has 0 N–H and O–H groups in total. The maximum Gasteiger partial charge on any atom is 0.350 e. The van der Waals surface area contributed by atoms with E-state index >= 15 is 0 Å². The molecule has 0 amide bonds. The number of ether oxygens (including phenoxy) is 1. The zero-order valence-corrected chi connectivity index (χ0v) is 6.55. The minimum atomic E-state index is -0.519. The predicted molar refractivity (Wildman–Crippen MR) is 38.8 cm³/mol. The first-order chi connectivity index (χ1) is 5.29. The minimum absolute atomic E-state index is 0.252. The number of esters is 1. The largest absolute Gasteiger partial charge is 0.465 e. The van der Waals surface area contributed by atoms with Gasteiger partial charge in [-0.3, -0.25) is 4.79 Å². The van der Waals surface area contributed by atoms with Gasteiger partial charge < -0.3 is 4.74 Å². The number of methoxy groups -OCH3 is 1. The molecule has 0 aliphatic rings. The highest BCUT2D eigenvalue weighted by molar-refractivity contribution is 7.08. The fourth-order valence-electron chi connectivity index (χ4n) is 0.579. The first-order valence-corrected chi connectivity index (χ1v) is 3.55. The molecule has 1 rings (SSSR count). The fraction of sp³-hybridized carbons (Fsp3) is 0.167. The summed E-state index contributed by atoms with van der Waals surface area (Å²) in [5, 5.41) is 0. The molecule has 0 atom stereocenters. The Morgan fingerprint density at radius 3 is 3.09 bits per heavy atom. The molecule has 0 aliphatic heterocycles. The third kappa shape index (κ3) is 1.43. The number of hydrogen-bond acceptors (Lipinski definition) is 5. The molecule has 0 spiro atoms. The lowest BCUT2D eigenvalue weighted by atomic mass is 10.3. The predicted octanol–water partition coefficient (Wildman–Crippen LogP) is 0.742. The molecule has 0 saturated carbocycles. The van der Waals surface area contributed by atoms with E-state index in [4.69, 9.17) is 0 Å². The van der Waals surface area contributed by atoms with Crippen molar-refractivity contribution in [2.45, 2.75) is 0 Å². The van der Waals surface area contributed by atoms with E-state index in [0.29, 0.717) is 6.29 Å². The lowest BCUT2D eigenvalue weighted by molar-refractivity contribution is 0.0604. The monoisotopic (exact) mass is 171 g/mol. The zero-order chi connectivity index (χ0) is 8.27. The van der Waals surface area contributed by atoms with Crippen molar-refractivity contribution in [1.29, 1.82) is 0 Å². The molecule has 0 radical (unpaired) electrons. The van der Waals surface area contributed by atoms with Crippen LogP contribution in [0.15, 0.2) is 6.20 Å². The van der Waals surface area contributed by atoms with E-state index in [1.165, 1.54) is 13.3 Å².